The van der Waals surface area contributed by atoms with E-state index in [0.717, 1.165) is 57.5 Å². The highest BCUT2D eigenvalue weighted by molar-refractivity contribution is 7.99. The van der Waals surface area contributed by atoms with Crippen LogP contribution in [0.3, 0.4) is 0 Å². The zero-order valence-electron chi connectivity index (χ0n) is 10.5. The Hall–Kier alpha value is 0.0700. The lowest BCUT2D eigenvalue weighted by Gasteiger charge is -2.19. The summed E-state index contributed by atoms with van der Waals surface area (Å²) in [5.74, 6) is 2.68. The summed E-state index contributed by atoms with van der Waals surface area (Å²) in [5, 5.41) is 0. The number of halogens is 1. The van der Waals surface area contributed by atoms with E-state index in [9.17, 15) is 4.79 Å². The summed E-state index contributed by atoms with van der Waals surface area (Å²) >= 11 is 1.96. The van der Waals surface area contributed by atoms with Gasteiger partial charge in [-0.3, -0.25) is 4.79 Å². The molecule has 1 aliphatic rings. The SMILES string of the molecule is Cl.NCCCCCCC(=O)N1CCCSCC1. The van der Waals surface area contributed by atoms with Crippen LogP contribution in [0.2, 0.25) is 0 Å². The summed E-state index contributed by atoms with van der Waals surface area (Å²) in [6.45, 7) is 2.69. The molecule has 0 aromatic carbocycles. The molecular weight excluding hydrogens is 256 g/mol. The van der Waals surface area contributed by atoms with Crippen molar-refractivity contribution >= 4 is 30.1 Å². The third kappa shape index (κ3) is 7.90. The lowest BCUT2D eigenvalue weighted by molar-refractivity contribution is -0.131. The Morgan fingerprint density at radius 2 is 1.88 bits per heavy atom. The first-order chi connectivity index (χ1) is 7.84. The van der Waals surface area contributed by atoms with E-state index in [-0.39, 0.29) is 12.4 Å². The average molecular weight is 281 g/mol. The fourth-order valence-electron chi connectivity index (χ4n) is 1.93. The number of hydrogen-bond acceptors (Lipinski definition) is 3. The van der Waals surface area contributed by atoms with Crippen LogP contribution >= 0.6 is 24.2 Å². The molecule has 0 saturated carbocycles. The van der Waals surface area contributed by atoms with Crippen LogP contribution in [0.5, 0.6) is 0 Å². The first-order valence-electron chi connectivity index (χ1n) is 6.40. The number of hydrogen-bond donors (Lipinski definition) is 1. The molecule has 3 nitrogen and oxygen atoms in total. The third-order valence-electron chi connectivity index (χ3n) is 2.92. The maximum absolute atomic E-state index is 11.9. The van der Waals surface area contributed by atoms with Crippen LogP contribution < -0.4 is 5.73 Å². The van der Waals surface area contributed by atoms with Crippen molar-refractivity contribution in [2.45, 2.75) is 38.5 Å². The zero-order valence-corrected chi connectivity index (χ0v) is 12.2. The number of unbranched alkanes of at least 4 members (excludes halogenated alkanes) is 3. The summed E-state index contributed by atoms with van der Waals surface area (Å²) in [4.78, 5) is 13.9. The van der Waals surface area contributed by atoms with Gasteiger partial charge in [0.25, 0.3) is 0 Å². The topological polar surface area (TPSA) is 46.3 Å². The monoisotopic (exact) mass is 280 g/mol. The minimum absolute atomic E-state index is 0. The second-order valence-electron chi connectivity index (χ2n) is 4.30. The van der Waals surface area contributed by atoms with Crippen molar-refractivity contribution in [1.29, 1.82) is 0 Å². The molecule has 2 N–H and O–H groups in total. The van der Waals surface area contributed by atoms with Crippen LogP contribution in [-0.2, 0) is 4.79 Å². The van der Waals surface area contributed by atoms with Gasteiger partial charge in [0.15, 0.2) is 0 Å². The molecule has 0 aromatic heterocycles. The number of nitrogens with zero attached hydrogens (tertiary/aromatic N) is 1. The fourth-order valence-corrected chi connectivity index (χ4v) is 2.81. The van der Waals surface area contributed by atoms with Gasteiger partial charge in [0.05, 0.1) is 0 Å². The fraction of sp³-hybridized carbons (Fsp3) is 0.917. The largest absolute Gasteiger partial charge is 0.342 e. The quantitative estimate of drug-likeness (QED) is 0.760. The van der Waals surface area contributed by atoms with Gasteiger partial charge in [-0.1, -0.05) is 12.8 Å². The molecule has 102 valence electrons. The summed E-state index contributed by atoms with van der Waals surface area (Å²) in [5.41, 5.74) is 5.43. The van der Waals surface area contributed by atoms with E-state index >= 15 is 0 Å². The van der Waals surface area contributed by atoms with Crippen molar-refractivity contribution in [3.63, 3.8) is 0 Å². The van der Waals surface area contributed by atoms with Crippen molar-refractivity contribution in [2.24, 2.45) is 5.73 Å². The normalized spacial score (nSPS) is 16.2. The van der Waals surface area contributed by atoms with Gasteiger partial charge in [0.2, 0.25) is 5.91 Å². The lowest BCUT2D eigenvalue weighted by Crippen LogP contribution is -2.32. The summed E-state index contributed by atoms with van der Waals surface area (Å²) in [6.07, 6.45) is 6.32. The van der Waals surface area contributed by atoms with Gasteiger partial charge >= 0.3 is 0 Å². The minimum atomic E-state index is 0. The van der Waals surface area contributed by atoms with Gasteiger partial charge in [-0.05, 0) is 31.6 Å². The van der Waals surface area contributed by atoms with Crippen LogP contribution in [0.1, 0.15) is 38.5 Å². The van der Waals surface area contributed by atoms with Crippen molar-refractivity contribution in [3.05, 3.63) is 0 Å². The smallest absolute Gasteiger partial charge is 0.222 e. The molecule has 0 aliphatic carbocycles. The minimum Gasteiger partial charge on any atom is -0.342 e. The van der Waals surface area contributed by atoms with Gasteiger partial charge in [0, 0.05) is 25.3 Å². The lowest BCUT2D eigenvalue weighted by atomic mass is 10.1. The molecular formula is C12H25ClN2OS. The number of amides is 1. The number of nitrogens with two attached hydrogens (primary N) is 1. The van der Waals surface area contributed by atoms with E-state index in [1.807, 2.05) is 16.7 Å². The summed E-state index contributed by atoms with van der Waals surface area (Å²) in [7, 11) is 0. The average Bonchev–Trinajstić information content (AvgIpc) is 2.57. The Morgan fingerprint density at radius 1 is 1.12 bits per heavy atom. The zero-order chi connectivity index (χ0) is 11.6. The van der Waals surface area contributed by atoms with Crippen LogP contribution in [-0.4, -0.2) is 41.9 Å². The highest BCUT2D eigenvalue weighted by Gasteiger charge is 2.14. The van der Waals surface area contributed by atoms with Gasteiger partial charge in [-0.15, -0.1) is 12.4 Å². The molecule has 1 amide bonds. The maximum atomic E-state index is 11.9. The second-order valence-corrected chi connectivity index (χ2v) is 5.52. The Bertz CT molecular complexity index is 197. The van der Waals surface area contributed by atoms with E-state index in [0.29, 0.717) is 5.91 Å². The number of carbonyl (C=O) groups is 1. The van der Waals surface area contributed by atoms with Crippen molar-refractivity contribution < 1.29 is 4.79 Å². The van der Waals surface area contributed by atoms with E-state index in [4.69, 9.17) is 5.73 Å². The molecule has 1 saturated heterocycles. The Balaban J connectivity index is 0.00000256. The number of thioether (sulfide) groups is 1. The van der Waals surface area contributed by atoms with Crippen LogP contribution in [0.4, 0.5) is 0 Å². The van der Waals surface area contributed by atoms with Crippen molar-refractivity contribution in [2.75, 3.05) is 31.1 Å². The Labute approximate surface area is 115 Å². The molecule has 0 unspecified atom stereocenters. The predicted octanol–water partition coefficient (Wildman–Crippen LogP) is 2.28. The van der Waals surface area contributed by atoms with Gasteiger partial charge in [-0.25, -0.2) is 0 Å². The second kappa shape index (κ2) is 11.2. The summed E-state index contributed by atoms with van der Waals surface area (Å²) in [6, 6.07) is 0. The van der Waals surface area contributed by atoms with E-state index in [2.05, 4.69) is 0 Å². The molecule has 17 heavy (non-hydrogen) atoms. The molecule has 0 radical (unpaired) electrons. The predicted molar refractivity (Wildman–Crippen MR) is 77.9 cm³/mol. The third-order valence-corrected chi connectivity index (χ3v) is 3.97. The van der Waals surface area contributed by atoms with E-state index in [1.165, 1.54) is 12.2 Å². The molecule has 1 rings (SSSR count). The first kappa shape index (κ1) is 17.1. The molecule has 0 spiro atoms. The van der Waals surface area contributed by atoms with Crippen molar-refractivity contribution in [1.82, 2.24) is 4.90 Å². The number of rotatable bonds is 6. The molecule has 5 heteroatoms. The van der Waals surface area contributed by atoms with Crippen LogP contribution in [0.15, 0.2) is 0 Å². The molecule has 1 fully saturated rings. The number of carbonyl (C=O) groups excluding carboxylic acids is 1. The molecule has 0 atom stereocenters. The highest BCUT2D eigenvalue weighted by Crippen LogP contribution is 2.12. The van der Waals surface area contributed by atoms with E-state index in [1.54, 1.807) is 0 Å². The van der Waals surface area contributed by atoms with Gasteiger partial charge in [0.1, 0.15) is 0 Å². The van der Waals surface area contributed by atoms with Crippen LogP contribution in [0.25, 0.3) is 0 Å². The van der Waals surface area contributed by atoms with Gasteiger partial charge < -0.3 is 10.6 Å². The maximum Gasteiger partial charge on any atom is 0.222 e. The first-order valence-corrected chi connectivity index (χ1v) is 7.55. The Morgan fingerprint density at radius 3 is 2.65 bits per heavy atom. The standard InChI is InChI=1S/C12H24N2OS.ClH/c13-7-4-2-1-3-6-12(15)14-8-5-10-16-11-9-14;/h1-11,13H2;1H. The van der Waals surface area contributed by atoms with Gasteiger partial charge in [-0.2, -0.15) is 11.8 Å². The molecule has 0 aromatic rings. The van der Waals surface area contributed by atoms with Crippen LogP contribution in [0, 0.1) is 0 Å². The molecule has 0 bridgehead atoms. The van der Waals surface area contributed by atoms with E-state index < -0.39 is 0 Å². The summed E-state index contributed by atoms with van der Waals surface area (Å²) < 4.78 is 0. The Kier molecular flexibility index (Phi) is 11.2. The molecule has 1 aliphatic heterocycles. The molecule has 1 heterocycles. The highest BCUT2D eigenvalue weighted by atomic mass is 35.5. The van der Waals surface area contributed by atoms with Crippen molar-refractivity contribution in [3.8, 4) is 0 Å².